The molecule has 0 aromatic heterocycles. The molecule has 1 atom stereocenters. The van der Waals surface area contributed by atoms with Crippen LogP contribution in [0.3, 0.4) is 0 Å². The fourth-order valence-electron chi connectivity index (χ4n) is 0.996. The Morgan fingerprint density at radius 3 is 2.29 bits per heavy atom. The van der Waals surface area contributed by atoms with Crippen molar-refractivity contribution < 1.29 is 9.90 Å². The molecule has 0 spiro atoms. The number of aliphatic hydroxyl groups excluding tert-OH is 1. The van der Waals surface area contributed by atoms with Crippen molar-refractivity contribution in [3.63, 3.8) is 0 Å². The van der Waals surface area contributed by atoms with Crippen LogP contribution in [-0.4, -0.2) is 11.0 Å². The summed E-state index contributed by atoms with van der Waals surface area (Å²) >= 11 is 0. The number of rotatable bonds is 3. The summed E-state index contributed by atoms with van der Waals surface area (Å²) in [4.78, 5) is 11.0. The molecule has 14 heavy (non-hydrogen) atoms. The molecule has 0 saturated heterocycles. The number of carbonyl (C=O) groups is 1. The first-order valence-corrected chi connectivity index (χ1v) is 3.94. The number of hydrazine groups is 2. The van der Waals surface area contributed by atoms with Crippen molar-refractivity contribution in [2.24, 2.45) is 11.7 Å². The van der Waals surface area contributed by atoms with Crippen LogP contribution in [0, 0.1) is 0 Å². The van der Waals surface area contributed by atoms with Gasteiger partial charge in [0.05, 0.1) is 0 Å². The van der Waals surface area contributed by atoms with E-state index in [0.29, 0.717) is 11.1 Å². The van der Waals surface area contributed by atoms with Crippen LogP contribution in [0.15, 0.2) is 24.3 Å². The SMILES string of the molecule is NNC(=O)c1ccc(C(O)NN)cc1. The van der Waals surface area contributed by atoms with Crippen molar-refractivity contribution >= 4 is 5.91 Å². The number of aliphatic hydroxyl groups is 1. The minimum atomic E-state index is -0.940. The molecule has 0 aliphatic heterocycles. The summed E-state index contributed by atoms with van der Waals surface area (Å²) in [6, 6.07) is 6.24. The third-order valence-electron chi connectivity index (χ3n) is 1.78. The Morgan fingerprint density at radius 1 is 1.29 bits per heavy atom. The van der Waals surface area contributed by atoms with Gasteiger partial charge in [0, 0.05) is 5.56 Å². The zero-order valence-corrected chi connectivity index (χ0v) is 7.40. The summed E-state index contributed by atoms with van der Waals surface area (Å²) < 4.78 is 0. The quantitative estimate of drug-likeness (QED) is 0.179. The van der Waals surface area contributed by atoms with E-state index in [1.54, 1.807) is 12.1 Å². The molecule has 6 nitrogen and oxygen atoms in total. The van der Waals surface area contributed by atoms with Crippen molar-refractivity contribution in [2.45, 2.75) is 6.23 Å². The average molecular weight is 196 g/mol. The molecule has 1 amide bonds. The van der Waals surface area contributed by atoms with Gasteiger partial charge in [-0.1, -0.05) is 12.1 Å². The summed E-state index contributed by atoms with van der Waals surface area (Å²) in [6.07, 6.45) is -0.940. The maximum Gasteiger partial charge on any atom is 0.265 e. The summed E-state index contributed by atoms with van der Waals surface area (Å²) in [5.41, 5.74) is 5.16. The van der Waals surface area contributed by atoms with Gasteiger partial charge in [-0.3, -0.25) is 16.1 Å². The fourth-order valence-corrected chi connectivity index (χ4v) is 0.996. The lowest BCUT2D eigenvalue weighted by molar-refractivity contribution is 0.0953. The van der Waals surface area contributed by atoms with Gasteiger partial charge in [-0.25, -0.2) is 11.3 Å². The number of amides is 1. The van der Waals surface area contributed by atoms with Crippen molar-refractivity contribution in [3.8, 4) is 0 Å². The van der Waals surface area contributed by atoms with Crippen molar-refractivity contribution in [3.05, 3.63) is 35.4 Å². The molecule has 0 heterocycles. The largest absolute Gasteiger partial charge is 0.373 e. The summed E-state index contributed by atoms with van der Waals surface area (Å²) in [7, 11) is 0. The number of nitrogen functional groups attached to an aromatic ring is 1. The van der Waals surface area contributed by atoms with E-state index in [4.69, 9.17) is 11.7 Å². The molecule has 76 valence electrons. The Hall–Kier alpha value is -1.47. The number of nitrogens with two attached hydrogens (primary N) is 2. The highest BCUT2D eigenvalue weighted by Crippen LogP contribution is 2.10. The zero-order chi connectivity index (χ0) is 10.6. The summed E-state index contributed by atoms with van der Waals surface area (Å²) in [6.45, 7) is 0. The standard InChI is InChI=1S/C8H12N4O2/c9-11-7(13)5-1-2-6(4-3-5)8(14)12-10/h1-4,7,11,13H,9-10H2,(H,12,14). The Balaban J connectivity index is 2.83. The molecule has 0 bridgehead atoms. The van der Waals surface area contributed by atoms with Crippen molar-refractivity contribution in [1.29, 1.82) is 0 Å². The van der Waals surface area contributed by atoms with Gasteiger partial charge in [-0.2, -0.15) is 0 Å². The van der Waals surface area contributed by atoms with E-state index in [9.17, 15) is 9.90 Å². The number of carbonyl (C=O) groups excluding carboxylic acids is 1. The van der Waals surface area contributed by atoms with Gasteiger partial charge in [-0.05, 0) is 17.7 Å². The number of hydrogen-bond acceptors (Lipinski definition) is 5. The average Bonchev–Trinajstić information content (AvgIpc) is 2.27. The molecule has 0 radical (unpaired) electrons. The van der Waals surface area contributed by atoms with Gasteiger partial charge in [0.25, 0.3) is 5.91 Å². The predicted octanol–water partition coefficient (Wildman–Crippen LogP) is -1.26. The first-order chi connectivity index (χ1) is 6.69. The number of nitrogens with one attached hydrogen (secondary N) is 2. The maximum absolute atomic E-state index is 11.0. The van der Waals surface area contributed by atoms with Crippen LogP contribution in [0.25, 0.3) is 0 Å². The second-order valence-corrected chi connectivity index (χ2v) is 2.66. The molecule has 1 aromatic carbocycles. The first-order valence-electron chi connectivity index (χ1n) is 3.94. The Bertz CT molecular complexity index is 312. The molecule has 7 N–H and O–H groups in total. The Morgan fingerprint density at radius 2 is 1.86 bits per heavy atom. The fraction of sp³-hybridized carbons (Fsp3) is 0.125. The zero-order valence-electron chi connectivity index (χ0n) is 7.40. The van der Waals surface area contributed by atoms with Gasteiger partial charge in [0.2, 0.25) is 0 Å². The Kier molecular flexibility index (Phi) is 3.55. The van der Waals surface area contributed by atoms with Crippen LogP contribution in [0.4, 0.5) is 0 Å². The smallest absolute Gasteiger partial charge is 0.265 e. The van der Waals surface area contributed by atoms with Crippen LogP contribution in [0.1, 0.15) is 22.1 Å². The molecule has 0 aliphatic rings. The molecule has 6 heteroatoms. The number of benzene rings is 1. The van der Waals surface area contributed by atoms with E-state index < -0.39 is 6.23 Å². The molecule has 0 saturated carbocycles. The highest BCUT2D eigenvalue weighted by atomic mass is 16.3. The lowest BCUT2D eigenvalue weighted by Gasteiger charge is -2.09. The van der Waals surface area contributed by atoms with E-state index in [0.717, 1.165) is 0 Å². The van der Waals surface area contributed by atoms with Crippen LogP contribution in [0.5, 0.6) is 0 Å². The number of hydrogen-bond donors (Lipinski definition) is 5. The van der Waals surface area contributed by atoms with E-state index in [2.05, 4.69) is 5.43 Å². The molecule has 1 unspecified atom stereocenters. The van der Waals surface area contributed by atoms with Gasteiger partial charge in [0.15, 0.2) is 0 Å². The van der Waals surface area contributed by atoms with Gasteiger partial charge in [0.1, 0.15) is 6.23 Å². The van der Waals surface area contributed by atoms with Gasteiger partial charge >= 0.3 is 0 Å². The van der Waals surface area contributed by atoms with Crippen LogP contribution in [0.2, 0.25) is 0 Å². The summed E-state index contributed by atoms with van der Waals surface area (Å²) in [5, 5.41) is 9.25. The second kappa shape index (κ2) is 4.68. The predicted molar refractivity (Wildman–Crippen MR) is 50.4 cm³/mol. The van der Waals surface area contributed by atoms with E-state index in [-0.39, 0.29) is 5.91 Å². The maximum atomic E-state index is 11.0. The topological polar surface area (TPSA) is 113 Å². The minimum Gasteiger partial charge on any atom is -0.373 e. The van der Waals surface area contributed by atoms with Gasteiger partial charge < -0.3 is 5.11 Å². The lowest BCUT2D eigenvalue weighted by atomic mass is 10.1. The molecule has 1 rings (SSSR count). The minimum absolute atomic E-state index is 0.383. The van der Waals surface area contributed by atoms with Crippen LogP contribution in [-0.2, 0) is 0 Å². The van der Waals surface area contributed by atoms with Crippen molar-refractivity contribution in [2.75, 3.05) is 0 Å². The van der Waals surface area contributed by atoms with E-state index >= 15 is 0 Å². The van der Waals surface area contributed by atoms with Gasteiger partial charge in [-0.15, -0.1) is 0 Å². The molecular formula is C8H12N4O2. The highest BCUT2D eigenvalue weighted by Gasteiger charge is 2.06. The molecule has 1 aromatic rings. The lowest BCUT2D eigenvalue weighted by Crippen LogP contribution is -2.30. The second-order valence-electron chi connectivity index (χ2n) is 2.66. The summed E-state index contributed by atoms with van der Waals surface area (Å²) in [5.74, 6) is 9.59. The van der Waals surface area contributed by atoms with Crippen LogP contribution < -0.4 is 22.5 Å². The monoisotopic (exact) mass is 196 g/mol. The van der Waals surface area contributed by atoms with Crippen molar-refractivity contribution in [1.82, 2.24) is 10.9 Å². The molecular weight excluding hydrogens is 184 g/mol. The van der Waals surface area contributed by atoms with Crippen LogP contribution >= 0.6 is 0 Å². The Labute approximate surface area is 80.8 Å². The third kappa shape index (κ3) is 2.27. The van der Waals surface area contributed by atoms with E-state index in [1.165, 1.54) is 12.1 Å². The normalized spacial score (nSPS) is 12.2. The third-order valence-corrected chi connectivity index (χ3v) is 1.78. The first kappa shape index (κ1) is 10.6. The highest BCUT2D eigenvalue weighted by molar-refractivity contribution is 5.93. The van der Waals surface area contributed by atoms with E-state index in [1.807, 2.05) is 5.43 Å². The molecule has 0 aliphatic carbocycles. The molecule has 0 fully saturated rings.